The van der Waals surface area contributed by atoms with E-state index in [0.717, 1.165) is 38.5 Å². The van der Waals surface area contributed by atoms with Gasteiger partial charge in [-0.2, -0.15) is 0 Å². The molecule has 0 spiro atoms. The SMILES string of the molecule is CCCOC1CCCN(Cc2cccnc2NC)C1. The third kappa shape index (κ3) is 4.18. The lowest BCUT2D eigenvalue weighted by atomic mass is 10.1. The van der Waals surface area contributed by atoms with Crippen molar-refractivity contribution in [1.29, 1.82) is 0 Å². The molecule has 0 radical (unpaired) electrons. The number of ether oxygens (including phenoxy) is 1. The molecule has 1 aromatic heterocycles. The van der Waals surface area contributed by atoms with Crippen LogP contribution in [0.25, 0.3) is 0 Å². The molecule has 1 fully saturated rings. The lowest BCUT2D eigenvalue weighted by Gasteiger charge is -2.32. The zero-order valence-corrected chi connectivity index (χ0v) is 12.1. The summed E-state index contributed by atoms with van der Waals surface area (Å²) in [6.07, 6.45) is 5.76. The van der Waals surface area contributed by atoms with E-state index in [-0.39, 0.29) is 0 Å². The zero-order valence-electron chi connectivity index (χ0n) is 12.1. The maximum atomic E-state index is 5.88. The minimum atomic E-state index is 0.406. The fourth-order valence-electron chi connectivity index (χ4n) is 2.61. The molecule has 0 bridgehead atoms. The Balaban J connectivity index is 1.91. The maximum Gasteiger partial charge on any atom is 0.130 e. The molecular formula is C15H25N3O. The van der Waals surface area contributed by atoms with Gasteiger partial charge in [-0.15, -0.1) is 0 Å². The Labute approximate surface area is 116 Å². The molecule has 1 aromatic rings. The van der Waals surface area contributed by atoms with Gasteiger partial charge in [-0.05, 0) is 31.9 Å². The Morgan fingerprint density at radius 1 is 1.53 bits per heavy atom. The summed E-state index contributed by atoms with van der Waals surface area (Å²) in [5.74, 6) is 0.985. The second-order valence-corrected chi connectivity index (χ2v) is 5.13. The second-order valence-electron chi connectivity index (χ2n) is 5.13. The molecule has 1 N–H and O–H groups in total. The minimum Gasteiger partial charge on any atom is -0.377 e. The van der Waals surface area contributed by atoms with Crippen LogP contribution < -0.4 is 5.32 Å². The van der Waals surface area contributed by atoms with Crippen molar-refractivity contribution in [2.75, 3.05) is 32.1 Å². The summed E-state index contributed by atoms with van der Waals surface area (Å²) in [6, 6.07) is 4.15. The van der Waals surface area contributed by atoms with Crippen molar-refractivity contribution in [1.82, 2.24) is 9.88 Å². The van der Waals surface area contributed by atoms with Crippen LogP contribution in [0.4, 0.5) is 5.82 Å². The molecule has 1 aliphatic heterocycles. The van der Waals surface area contributed by atoms with E-state index in [1.54, 1.807) is 0 Å². The van der Waals surface area contributed by atoms with E-state index in [9.17, 15) is 0 Å². The maximum absolute atomic E-state index is 5.88. The number of piperidine rings is 1. The van der Waals surface area contributed by atoms with E-state index < -0.39 is 0 Å². The molecule has 2 heterocycles. The first-order chi connectivity index (χ1) is 9.33. The van der Waals surface area contributed by atoms with Crippen LogP contribution in [0.5, 0.6) is 0 Å². The van der Waals surface area contributed by atoms with Crippen molar-refractivity contribution >= 4 is 5.82 Å². The molecule has 4 nitrogen and oxygen atoms in total. The van der Waals surface area contributed by atoms with Gasteiger partial charge in [-0.25, -0.2) is 4.98 Å². The van der Waals surface area contributed by atoms with E-state index in [2.05, 4.69) is 28.2 Å². The molecule has 0 saturated carbocycles. The third-order valence-corrected chi connectivity index (χ3v) is 3.54. The van der Waals surface area contributed by atoms with Gasteiger partial charge in [-0.1, -0.05) is 13.0 Å². The highest BCUT2D eigenvalue weighted by Crippen LogP contribution is 2.19. The molecule has 0 amide bonds. The Morgan fingerprint density at radius 3 is 3.21 bits per heavy atom. The number of pyridine rings is 1. The summed E-state index contributed by atoms with van der Waals surface area (Å²) < 4.78 is 5.88. The molecule has 2 rings (SSSR count). The molecule has 4 heteroatoms. The van der Waals surface area contributed by atoms with Crippen LogP contribution in [0.2, 0.25) is 0 Å². The summed E-state index contributed by atoms with van der Waals surface area (Å²) in [5, 5.41) is 3.16. The zero-order chi connectivity index (χ0) is 13.5. The van der Waals surface area contributed by atoms with Crippen molar-refractivity contribution in [3.8, 4) is 0 Å². The van der Waals surface area contributed by atoms with Crippen LogP contribution in [-0.4, -0.2) is 42.7 Å². The fraction of sp³-hybridized carbons (Fsp3) is 0.667. The van der Waals surface area contributed by atoms with Gasteiger partial charge in [0.1, 0.15) is 5.82 Å². The average molecular weight is 263 g/mol. The molecule has 1 atom stereocenters. The number of nitrogens with one attached hydrogen (secondary N) is 1. The molecule has 0 aromatic carbocycles. The Kier molecular flexibility index (Phi) is 5.61. The van der Waals surface area contributed by atoms with Gasteiger partial charge in [0.2, 0.25) is 0 Å². The van der Waals surface area contributed by atoms with Gasteiger partial charge in [0.15, 0.2) is 0 Å². The van der Waals surface area contributed by atoms with E-state index in [4.69, 9.17) is 4.74 Å². The van der Waals surface area contributed by atoms with Gasteiger partial charge in [0.25, 0.3) is 0 Å². The van der Waals surface area contributed by atoms with Crippen LogP contribution in [0.3, 0.4) is 0 Å². The van der Waals surface area contributed by atoms with Crippen molar-refractivity contribution < 1.29 is 4.74 Å². The standard InChI is InChI=1S/C15H25N3O/c1-3-10-19-14-7-5-9-18(12-14)11-13-6-4-8-17-15(13)16-2/h4,6,8,14H,3,5,7,9-12H2,1-2H3,(H,16,17). The predicted octanol–water partition coefficient (Wildman–Crippen LogP) is 2.51. The lowest BCUT2D eigenvalue weighted by Crippen LogP contribution is -2.39. The fourth-order valence-corrected chi connectivity index (χ4v) is 2.61. The Hall–Kier alpha value is -1.13. The first-order valence-electron chi connectivity index (χ1n) is 7.29. The second kappa shape index (κ2) is 7.46. The lowest BCUT2D eigenvalue weighted by molar-refractivity contribution is -0.00220. The van der Waals surface area contributed by atoms with Gasteiger partial charge in [-0.3, -0.25) is 4.90 Å². The largest absolute Gasteiger partial charge is 0.377 e. The number of rotatable bonds is 6. The predicted molar refractivity (Wildman–Crippen MR) is 78.3 cm³/mol. The van der Waals surface area contributed by atoms with Crippen LogP contribution >= 0.6 is 0 Å². The van der Waals surface area contributed by atoms with Gasteiger partial charge in [0, 0.05) is 38.5 Å². The normalized spacial score (nSPS) is 20.4. The van der Waals surface area contributed by atoms with Gasteiger partial charge in [0.05, 0.1) is 6.10 Å². The third-order valence-electron chi connectivity index (χ3n) is 3.54. The highest BCUT2D eigenvalue weighted by Gasteiger charge is 2.20. The van der Waals surface area contributed by atoms with Crippen LogP contribution in [0, 0.1) is 0 Å². The quantitative estimate of drug-likeness (QED) is 0.856. The average Bonchev–Trinajstić information content (AvgIpc) is 2.46. The van der Waals surface area contributed by atoms with Crippen molar-refractivity contribution in [3.63, 3.8) is 0 Å². The number of anilines is 1. The highest BCUT2D eigenvalue weighted by atomic mass is 16.5. The monoisotopic (exact) mass is 263 g/mol. The van der Waals surface area contributed by atoms with Gasteiger partial charge >= 0.3 is 0 Å². The number of nitrogens with zero attached hydrogens (tertiary/aromatic N) is 2. The van der Waals surface area contributed by atoms with Gasteiger partial charge < -0.3 is 10.1 Å². The van der Waals surface area contributed by atoms with Crippen LogP contribution in [0.15, 0.2) is 18.3 Å². The minimum absolute atomic E-state index is 0.406. The molecule has 1 unspecified atom stereocenters. The summed E-state index contributed by atoms with van der Waals surface area (Å²) in [6.45, 7) is 6.20. The molecule has 19 heavy (non-hydrogen) atoms. The Morgan fingerprint density at radius 2 is 2.42 bits per heavy atom. The van der Waals surface area contributed by atoms with E-state index >= 15 is 0 Å². The number of aromatic nitrogens is 1. The van der Waals surface area contributed by atoms with Crippen molar-refractivity contribution in [3.05, 3.63) is 23.9 Å². The van der Waals surface area contributed by atoms with Crippen molar-refractivity contribution in [2.24, 2.45) is 0 Å². The molecule has 106 valence electrons. The number of likely N-dealkylation sites (tertiary alicyclic amines) is 1. The Bertz CT molecular complexity index is 383. The number of hydrogen-bond donors (Lipinski definition) is 1. The molecular weight excluding hydrogens is 238 g/mol. The van der Waals surface area contributed by atoms with E-state index in [1.165, 1.54) is 18.4 Å². The molecule has 1 aliphatic rings. The summed E-state index contributed by atoms with van der Waals surface area (Å²) in [7, 11) is 1.93. The summed E-state index contributed by atoms with van der Waals surface area (Å²) >= 11 is 0. The topological polar surface area (TPSA) is 37.4 Å². The molecule has 1 saturated heterocycles. The van der Waals surface area contributed by atoms with Crippen molar-refractivity contribution in [2.45, 2.75) is 38.8 Å². The first-order valence-corrected chi connectivity index (χ1v) is 7.29. The smallest absolute Gasteiger partial charge is 0.130 e. The van der Waals surface area contributed by atoms with Crippen LogP contribution in [0.1, 0.15) is 31.7 Å². The number of hydrogen-bond acceptors (Lipinski definition) is 4. The first kappa shape index (κ1) is 14.3. The highest BCUT2D eigenvalue weighted by molar-refractivity contribution is 5.42. The molecule has 0 aliphatic carbocycles. The summed E-state index contributed by atoms with van der Waals surface area (Å²) in [4.78, 5) is 6.84. The van der Waals surface area contributed by atoms with Crippen LogP contribution in [-0.2, 0) is 11.3 Å². The van der Waals surface area contributed by atoms with E-state index in [1.807, 2.05) is 19.3 Å². The summed E-state index contributed by atoms with van der Waals surface area (Å²) in [5.41, 5.74) is 1.26. The van der Waals surface area contributed by atoms with E-state index in [0.29, 0.717) is 6.10 Å².